The van der Waals surface area contributed by atoms with E-state index >= 15 is 0 Å². The normalized spacial score (nSPS) is 25.1. The maximum absolute atomic E-state index is 5.76. The Morgan fingerprint density at radius 2 is 2.11 bits per heavy atom. The Labute approximate surface area is 109 Å². The van der Waals surface area contributed by atoms with Gasteiger partial charge in [-0.1, -0.05) is 6.07 Å². The molecule has 2 atom stereocenters. The van der Waals surface area contributed by atoms with Crippen LogP contribution in [0.3, 0.4) is 0 Å². The van der Waals surface area contributed by atoms with Crippen LogP contribution < -0.4 is 5.32 Å². The van der Waals surface area contributed by atoms with Gasteiger partial charge < -0.3 is 10.1 Å². The van der Waals surface area contributed by atoms with Crippen LogP contribution in [-0.2, 0) is 11.3 Å². The molecule has 1 aromatic heterocycles. The summed E-state index contributed by atoms with van der Waals surface area (Å²) in [7, 11) is 0. The molecule has 100 valence electrons. The summed E-state index contributed by atoms with van der Waals surface area (Å²) in [5, 5.41) is 3.32. The SMILES string of the molecule is CCNc1ncccc1CN1C[C@@H](C)O[C@@H](C)C1. The van der Waals surface area contributed by atoms with Gasteiger partial charge >= 0.3 is 0 Å². The minimum absolute atomic E-state index is 0.313. The number of aromatic nitrogens is 1. The second-order valence-corrected chi connectivity index (χ2v) is 4.99. The summed E-state index contributed by atoms with van der Waals surface area (Å²) in [5.74, 6) is 1.01. The molecule has 0 unspecified atom stereocenters. The van der Waals surface area contributed by atoms with E-state index in [4.69, 9.17) is 4.74 Å². The minimum atomic E-state index is 0.313. The molecule has 0 spiro atoms. The van der Waals surface area contributed by atoms with Crippen LogP contribution in [0.15, 0.2) is 18.3 Å². The van der Waals surface area contributed by atoms with E-state index in [1.165, 1.54) is 5.56 Å². The zero-order chi connectivity index (χ0) is 13.0. The van der Waals surface area contributed by atoms with Crippen molar-refractivity contribution in [2.75, 3.05) is 25.0 Å². The minimum Gasteiger partial charge on any atom is -0.373 e. The van der Waals surface area contributed by atoms with Gasteiger partial charge in [0.05, 0.1) is 12.2 Å². The van der Waals surface area contributed by atoms with Crippen molar-refractivity contribution in [3.63, 3.8) is 0 Å². The lowest BCUT2D eigenvalue weighted by Gasteiger charge is -2.35. The van der Waals surface area contributed by atoms with Gasteiger partial charge in [-0.2, -0.15) is 0 Å². The first-order valence-electron chi connectivity index (χ1n) is 6.74. The van der Waals surface area contributed by atoms with E-state index in [-0.39, 0.29) is 0 Å². The third kappa shape index (κ3) is 3.43. The van der Waals surface area contributed by atoms with Crippen LogP contribution in [0.1, 0.15) is 26.3 Å². The second-order valence-electron chi connectivity index (χ2n) is 4.99. The van der Waals surface area contributed by atoms with Gasteiger partial charge in [-0.15, -0.1) is 0 Å². The summed E-state index contributed by atoms with van der Waals surface area (Å²) in [4.78, 5) is 6.84. The molecule has 1 aliphatic rings. The summed E-state index contributed by atoms with van der Waals surface area (Å²) in [6.07, 6.45) is 2.47. The maximum atomic E-state index is 5.76. The highest BCUT2D eigenvalue weighted by molar-refractivity contribution is 5.43. The lowest BCUT2D eigenvalue weighted by Crippen LogP contribution is -2.44. The van der Waals surface area contributed by atoms with Gasteiger partial charge in [0, 0.05) is 37.9 Å². The fourth-order valence-corrected chi connectivity index (χ4v) is 2.55. The molecule has 2 heterocycles. The molecule has 1 N–H and O–H groups in total. The van der Waals surface area contributed by atoms with Crippen molar-refractivity contribution in [1.82, 2.24) is 9.88 Å². The van der Waals surface area contributed by atoms with Crippen LogP contribution >= 0.6 is 0 Å². The Hall–Kier alpha value is -1.13. The van der Waals surface area contributed by atoms with Gasteiger partial charge in [-0.3, -0.25) is 4.90 Å². The number of ether oxygens (including phenoxy) is 1. The van der Waals surface area contributed by atoms with E-state index in [0.29, 0.717) is 12.2 Å². The Morgan fingerprint density at radius 3 is 2.78 bits per heavy atom. The molecule has 0 aliphatic carbocycles. The number of nitrogens with zero attached hydrogens (tertiary/aromatic N) is 2. The Balaban J connectivity index is 2.04. The van der Waals surface area contributed by atoms with Gasteiger partial charge in [0.1, 0.15) is 5.82 Å². The predicted octanol–water partition coefficient (Wildman–Crippen LogP) is 2.12. The van der Waals surface area contributed by atoms with Gasteiger partial charge in [0.15, 0.2) is 0 Å². The predicted molar refractivity (Wildman–Crippen MR) is 73.7 cm³/mol. The van der Waals surface area contributed by atoms with Crippen molar-refractivity contribution in [3.8, 4) is 0 Å². The first kappa shape index (κ1) is 13.3. The number of hydrogen-bond acceptors (Lipinski definition) is 4. The number of rotatable bonds is 4. The summed E-state index contributed by atoms with van der Waals surface area (Å²) in [6.45, 7) is 10.2. The first-order chi connectivity index (χ1) is 8.69. The number of morpholine rings is 1. The van der Waals surface area contributed by atoms with Crippen molar-refractivity contribution in [1.29, 1.82) is 0 Å². The summed E-state index contributed by atoms with van der Waals surface area (Å²) >= 11 is 0. The highest BCUT2D eigenvalue weighted by Crippen LogP contribution is 2.18. The number of anilines is 1. The van der Waals surface area contributed by atoms with E-state index in [0.717, 1.165) is 32.0 Å². The molecule has 2 rings (SSSR count). The smallest absolute Gasteiger partial charge is 0.130 e. The molecule has 0 bridgehead atoms. The van der Waals surface area contributed by atoms with Crippen LogP contribution in [0.4, 0.5) is 5.82 Å². The van der Waals surface area contributed by atoms with Crippen molar-refractivity contribution in [2.24, 2.45) is 0 Å². The monoisotopic (exact) mass is 249 g/mol. The van der Waals surface area contributed by atoms with Crippen LogP contribution in [0.25, 0.3) is 0 Å². The molecule has 0 aromatic carbocycles. The maximum Gasteiger partial charge on any atom is 0.130 e. The zero-order valence-electron chi connectivity index (χ0n) is 11.5. The average Bonchev–Trinajstić information content (AvgIpc) is 2.30. The summed E-state index contributed by atoms with van der Waals surface area (Å²) < 4.78 is 5.76. The molecule has 0 saturated carbocycles. The zero-order valence-corrected chi connectivity index (χ0v) is 11.5. The number of nitrogens with one attached hydrogen (secondary N) is 1. The van der Waals surface area contributed by atoms with Crippen molar-refractivity contribution in [2.45, 2.75) is 39.5 Å². The van der Waals surface area contributed by atoms with Gasteiger partial charge in [0.25, 0.3) is 0 Å². The summed E-state index contributed by atoms with van der Waals surface area (Å²) in [5.41, 5.74) is 1.26. The molecule has 1 aromatic rings. The lowest BCUT2D eigenvalue weighted by molar-refractivity contribution is -0.0704. The molecular formula is C14H23N3O. The largest absolute Gasteiger partial charge is 0.373 e. The molecule has 1 fully saturated rings. The van der Waals surface area contributed by atoms with E-state index in [9.17, 15) is 0 Å². The van der Waals surface area contributed by atoms with Crippen LogP contribution in [0, 0.1) is 0 Å². The number of hydrogen-bond donors (Lipinski definition) is 1. The fraction of sp³-hybridized carbons (Fsp3) is 0.643. The van der Waals surface area contributed by atoms with Gasteiger partial charge in [-0.05, 0) is 26.8 Å². The van der Waals surface area contributed by atoms with E-state index in [1.54, 1.807) is 0 Å². The second kappa shape index (κ2) is 6.16. The Bertz CT molecular complexity index is 373. The topological polar surface area (TPSA) is 37.4 Å². The Kier molecular flexibility index (Phi) is 4.55. The molecule has 1 aliphatic heterocycles. The average molecular weight is 249 g/mol. The van der Waals surface area contributed by atoms with Crippen LogP contribution in [0.5, 0.6) is 0 Å². The van der Waals surface area contributed by atoms with Crippen LogP contribution in [-0.4, -0.2) is 41.7 Å². The highest BCUT2D eigenvalue weighted by atomic mass is 16.5. The molecule has 0 radical (unpaired) electrons. The third-order valence-electron chi connectivity index (χ3n) is 3.12. The molecule has 4 nitrogen and oxygen atoms in total. The van der Waals surface area contributed by atoms with Crippen molar-refractivity contribution >= 4 is 5.82 Å². The lowest BCUT2D eigenvalue weighted by atomic mass is 10.2. The third-order valence-corrected chi connectivity index (χ3v) is 3.12. The standard InChI is InChI=1S/C14H23N3O/c1-4-15-14-13(6-5-7-16-14)10-17-8-11(2)18-12(3)9-17/h5-7,11-12H,4,8-10H2,1-3H3,(H,15,16)/t11-,12+. The van der Waals surface area contributed by atoms with Gasteiger partial charge in [-0.25, -0.2) is 4.98 Å². The molecule has 18 heavy (non-hydrogen) atoms. The van der Waals surface area contributed by atoms with Crippen molar-refractivity contribution in [3.05, 3.63) is 23.9 Å². The highest BCUT2D eigenvalue weighted by Gasteiger charge is 2.22. The van der Waals surface area contributed by atoms with E-state index in [1.807, 2.05) is 12.3 Å². The molecule has 4 heteroatoms. The van der Waals surface area contributed by atoms with Crippen LogP contribution in [0.2, 0.25) is 0 Å². The molecule has 0 amide bonds. The van der Waals surface area contributed by atoms with Gasteiger partial charge in [0.2, 0.25) is 0 Å². The molecule has 1 saturated heterocycles. The van der Waals surface area contributed by atoms with E-state index < -0.39 is 0 Å². The molecular weight excluding hydrogens is 226 g/mol. The quantitative estimate of drug-likeness (QED) is 0.887. The van der Waals surface area contributed by atoms with Crippen molar-refractivity contribution < 1.29 is 4.74 Å². The fourth-order valence-electron chi connectivity index (χ4n) is 2.55. The Morgan fingerprint density at radius 1 is 1.39 bits per heavy atom. The number of pyridine rings is 1. The summed E-state index contributed by atoms with van der Waals surface area (Å²) in [6, 6.07) is 4.15. The first-order valence-corrected chi connectivity index (χ1v) is 6.74. The van der Waals surface area contributed by atoms with E-state index in [2.05, 4.69) is 42.0 Å².